The lowest BCUT2D eigenvalue weighted by atomic mass is 9.96. The van der Waals surface area contributed by atoms with Crippen molar-refractivity contribution in [3.8, 4) is 56.7 Å². The van der Waals surface area contributed by atoms with E-state index in [0.717, 1.165) is 82.7 Å². The second-order valence-electron chi connectivity index (χ2n) is 16.8. The summed E-state index contributed by atoms with van der Waals surface area (Å²) in [5.74, 6) is 1.45. The zero-order valence-corrected chi connectivity index (χ0v) is 35.5. The maximum Gasteiger partial charge on any atom is 0.416 e. The average Bonchev–Trinajstić information content (AvgIpc) is 3.79. The number of benzene rings is 8. The molecule has 0 saturated heterocycles. The Bertz CT molecular complexity index is 3460. The number of hydrogen-bond acceptors (Lipinski definition) is 3. The molecule has 8 aromatic carbocycles. The minimum absolute atomic E-state index is 0.402. The summed E-state index contributed by atoms with van der Waals surface area (Å²) in [4.78, 5) is 15.1. The third kappa shape index (κ3) is 6.61. The van der Waals surface area contributed by atoms with Crippen LogP contribution < -0.4 is 0 Å². The first-order valence-corrected chi connectivity index (χ1v) is 21.2. The lowest BCUT2D eigenvalue weighted by Crippen LogP contribution is -2.08. The van der Waals surface area contributed by atoms with E-state index >= 15 is 0 Å². The molecule has 310 valence electrons. The van der Waals surface area contributed by atoms with Gasteiger partial charge in [-0.05, 0) is 107 Å². The van der Waals surface area contributed by atoms with E-state index in [1.165, 1.54) is 12.1 Å². The molecule has 11 aromatic rings. The standard InChI is InChI=1S/C56H40F3N5/c1-33-15-22-47-42(27-33)43-28-34(2)16-23-48(43)63(47)51-26-19-39(55-61-53(37-11-7-5-8-12-37)60-54(62-55)38-13-9-6-10-14-38)31-46(51)41-21-20-40(56(57,58)59)32-52(41)64-49-24-17-35(3)29-44(49)45-30-36(4)18-25-50(45)64/h5-32H,1-4H3. The Morgan fingerprint density at radius 1 is 0.359 bits per heavy atom. The Morgan fingerprint density at radius 2 is 0.766 bits per heavy atom. The normalized spacial score (nSPS) is 12.0. The molecule has 0 saturated carbocycles. The van der Waals surface area contributed by atoms with Gasteiger partial charge in [0.2, 0.25) is 0 Å². The zero-order valence-electron chi connectivity index (χ0n) is 35.5. The summed E-state index contributed by atoms with van der Waals surface area (Å²) in [6, 6.07) is 55.0. The van der Waals surface area contributed by atoms with Crippen LogP contribution in [0.3, 0.4) is 0 Å². The minimum atomic E-state index is -4.60. The fourth-order valence-electron chi connectivity index (χ4n) is 9.17. The number of aromatic nitrogens is 5. The van der Waals surface area contributed by atoms with Crippen molar-refractivity contribution in [1.29, 1.82) is 0 Å². The van der Waals surface area contributed by atoms with Crippen molar-refractivity contribution in [1.82, 2.24) is 24.1 Å². The molecule has 0 aliphatic heterocycles. The predicted molar refractivity (Wildman–Crippen MR) is 254 cm³/mol. The second kappa shape index (κ2) is 14.9. The van der Waals surface area contributed by atoms with Crippen LogP contribution in [0.1, 0.15) is 27.8 Å². The average molecular weight is 840 g/mol. The molecule has 3 heterocycles. The summed E-state index contributed by atoms with van der Waals surface area (Å²) < 4.78 is 49.2. The van der Waals surface area contributed by atoms with Crippen LogP contribution in [-0.2, 0) is 6.18 Å². The van der Waals surface area contributed by atoms with Crippen LogP contribution in [0.5, 0.6) is 0 Å². The van der Waals surface area contributed by atoms with Gasteiger partial charge in [0.25, 0.3) is 0 Å². The van der Waals surface area contributed by atoms with E-state index in [-0.39, 0.29) is 0 Å². The predicted octanol–water partition coefficient (Wildman–Crippen LogP) is 15.0. The third-order valence-electron chi connectivity index (χ3n) is 12.2. The van der Waals surface area contributed by atoms with E-state index in [0.29, 0.717) is 39.9 Å². The molecule has 3 aromatic heterocycles. The maximum absolute atomic E-state index is 15.0. The number of halogens is 3. The monoisotopic (exact) mass is 839 g/mol. The molecular formula is C56H40F3N5. The number of fused-ring (bicyclic) bond motifs is 6. The molecule has 0 spiro atoms. The Hall–Kier alpha value is -7.84. The van der Waals surface area contributed by atoms with Gasteiger partial charge in [-0.2, -0.15) is 13.2 Å². The molecule has 11 rings (SSSR count). The Balaban J connectivity index is 1.27. The van der Waals surface area contributed by atoms with Gasteiger partial charge in [0, 0.05) is 49.4 Å². The zero-order chi connectivity index (χ0) is 43.9. The van der Waals surface area contributed by atoms with Crippen molar-refractivity contribution in [3.05, 3.63) is 198 Å². The molecular weight excluding hydrogens is 800 g/mol. The van der Waals surface area contributed by atoms with Gasteiger partial charge < -0.3 is 9.13 Å². The van der Waals surface area contributed by atoms with Crippen LogP contribution in [0.25, 0.3) is 100 Å². The summed E-state index contributed by atoms with van der Waals surface area (Å²) in [7, 11) is 0. The quantitative estimate of drug-likeness (QED) is 0.168. The van der Waals surface area contributed by atoms with Gasteiger partial charge in [0.05, 0.1) is 39.0 Å². The molecule has 0 aliphatic rings. The van der Waals surface area contributed by atoms with Gasteiger partial charge in [-0.1, -0.05) is 113 Å². The summed E-state index contributed by atoms with van der Waals surface area (Å²) in [6.45, 7) is 8.25. The van der Waals surface area contributed by atoms with Crippen LogP contribution in [-0.4, -0.2) is 24.1 Å². The summed E-state index contributed by atoms with van der Waals surface area (Å²) in [5.41, 5.74) is 12.1. The van der Waals surface area contributed by atoms with Crippen LogP contribution in [0.4, 0.5) is 13.2 Å². The number of nitrogens with zero attached hydrogens (tertiary/aromatic N) is 5. The number of hydrogen-bond donors (Lipinski definition) is 0. The number of rotatable bonds is 6. The molecule has 0 atom stereocenters. The number of alkyl halides is 3. The second-order valence-corrected chi connectivity index (χ2v) is 16.8. The van der Waals surface area contributed by atoms with E-state index in [9.17, 15) is 13.2 Å². The molecule has 0 N–H and O–H groups in total. The first-order chi connectivity index (χ1) is 31.0. The SMILES string of the molecule is Cc1ccc2c(c1)c1cc(C)ccc1n2-c1ccc(-c2nc(-c3ccccc3)nc(-c3ccccc3)n2)cc1-c1ccc(C(F)(F)F)cc1-n1c2ccc(C)cc2c2cc(C)ccc21. The van der Waals surface area contributed by atoms with Crippen molar-refractivity contribution in [2.45, 2.75) is 33.9 Å². The topological polar surface area (TPSA) is 48.5 Å². The molecule has 0 unspecified atom stereocenters. The number of aryl methyl sites for hydroxylation is 4. The highest BCUT2D eigenvalue weighted by molar-refractivity contribution is 6.12. The molecule has 8 heteroatoms. The van der Waals surface area contributed by atoms with Gasteiger partial charge in [0.15, 0.2) is 17.5 Å². The van der Waals surface area contributed by atoms with Crippen molar-refractivity contribution in [2.75, 3.05) is 0 Å². The lowest BCUT2D eigenvalue weighted by molar-refractivity contribution is -0.137. The van der Waals surface area contributed by atoms with Gasteiger partial charge in [-0.15, -0.1) is 0 Å². The molecule has 5 nitrogen and oxygen atoms in total. The molecule has 0 aliphatic carbocycles. The van der Waals surface area contributed by atoms with Crippen molar-refractivity contribution >= 4 is 43.6 Å². The van der Waals surface area contributed by atoms with Crippen molar-refractivity contribution in [3.63, 3.8) is 0 Å². The van der Waals surface area contributed by atoms with E-state index in [4.69, 9.17) is 15.0 Å². The van der Waals surface area contributed by atoms with Crippen LogP contribution in [0.2, 0.25) is 0 Å². The molecule has 64 heavy (non-hydrogen) atoms. The fraction of sp³-hybridized carbons (Fsp3) is 0.0893. The Kier molecular flexibility index (Phi) is 9.10. The van der Waals surface area contributed by atoms with Crippen molar-refractivity contribution in [2.24, 2.45) is 0 Å². The van der Waals surface area contributed by atoms with Crippen LogP contribution >= 0.6 is 0 Å². The fourth-order valence-corrected chi connectivity index (χ4v) is 9.17. The first kappa shape index (κ1) is 39.0. The lowest BCUT2D eigenvalue weighted by Gasteiger charge is -2.21. The van der Waals surface area contributed by atoms with E-state index < -0.39 is 11.7 Å². The first-order valence-electron chi connectivity index (χ1n) is 21.2. The summed E-state index contributed by atoms with van der Waals surface area (Å²) in [5, 5.41) is 4.12. The largest absolute Gasteiger partial charge is 0.416 e. The van der Waals surface area contributed by atoms with Crippen LogP contribution in [0, 0.1) is 27.7 Å². The maximum atomic E-state index is 15.0. The van der Waals surface area contributed by atoms with Gasteiger partial charge in [0.1, 0.15) is 0 Å². The summed E-state index contributed by atoms with van der Waals surface area (Å²) in [6.07, 6.45) is -4.60. The van der Waals surface area contributed by atoms with E-state index in [2.05, 4.69) is 73.0 Å². The minimum Gasteiger partial charge on any atom is -0.309 e. The van der Waals surface area contributed by atoms with Crippen molar-refractivity contribution < 1.29 is 13.2 Å². The molecule has 0 amide bonds. The van der Waals surface area contributed by atoms with E-state index in [1.54, 1.807) is 6.07 Å². The molecule has 0 radical (unpaired) electrons. The Labute approximate surface area is 367 Å². The molecule has 0 bridgehead atoms. The summed E-state index contributed by atoms with van der Waals surface area (Å²) >= 11 is 0. The van der Waals surface area contributed by atoms with Gasteiger partial charge >= 0.3 is 6.18 Å². The highest BCUT2D eigenvalue weighted by atomic mass is 19.4. The third-order valence-corrected chi connectivity index (χ3v) is 12.2. The smallest absolute Gasteiger partial charge is 0.309 e. The van der Waals surface area contributed by atoms with Gasteiger partial charge in [-0.3, -0.25) is 0 Å². The van der Waals surface area contributed by atoms with Gasteiger partial charge in [-0.25, -0.2) is 15.0 Å². The molecule has 0 fully saturated rings. The van der Waals surface area contributed by atoms with Crippen LogP contribution in [0.15, 0.2) is 170 Å². The highest BCUT2D eigenvalue weighted by Gasteiger charge is 2.32. The highest BCUT2D eigenvalue weighted by Crippen LogP contribution is 2.44. The van der Waals surface area contributed by atoms with E-state index in [1.807, 2.05) is 115 Å². The Morgan fingerprint density at radius 3 is 1.19 bits per heavy atom.